The summed E-state index contributed by atoms with van der Waals surface area (Å²) in [5.41, 5.74) is 3.16. The molecule has 206 valence electrons. The van der Waals surface area contributed by atoms with Gasteiger partial charge in [0, 0.05) is 30.3 Å². The van der Waals surface area contributed by atoms with Gasteiger partial charge in [-0.25, -0.2) is 19.2 Å². The number of piperidine rings is 1. The van der Waals surface area contributed by atoms with Crippen LogP contribution in [-0.2, 0) is 20.2 Å². The minimum atomic E-state index is -1.00. The van der Waals surface area contributed by atoms with Crippen LogP contribution in [0.15, 0.2) is 48.5 Å². The quantitative estimate of drug-likeness (QED) is 0.313. The number of ether oxygens (including phenoxy) is 2. The Morgan fingerprint density at radius 1 is 1.15 bits per heavy atom. The van der Waals surface area contributed by atoms with Crippen molar-refractivity contribution >= 4 is 17.0 Å². The van der Waals surface area contributed by atoms with Crippen molar-refractivity contribution in [2.24, 2.45) is 7.05 Å². The first kappa shape index (κ1) is 27.1. The van der Waals surface area contributed by atoms with Crippen LogP contribution in [0.3, 0.4) is 0 Å². The third-order valence-corrected chi connectivity index (χ3v) is 7.26. The van der Waals surface area contributed by atoms with Gasteiger partial charge in [-0.2, -0.15) is 5.26 Å². The van der Waals surface area contributed by atoms with E-state index in [9.17, 15) is 14.3 Å². The SMILES string of the molecule is CCOc1cc(C(=O)O)cc2c1nc(CN1CCC(c3cccc(OCc4ccc(C#N)cc4F)n3)CC1)n2C. The number of halogens is 1. The number of aryl methyl sites for hydroxylation is 1. The molecule has 1 saturated heterocycles. The number of imidazole rings is 1. The van der Waals surface area contributed by atoms with Gasteiger partial charge in [0.15, 0.2) is 0 Å². The molecule has 0 amide bonds. The van der Waals surface area contributed by atoms with E-state index < -0.39 is 11.8 Å². The van der Waals surface area contributed by atoms with Crippen LogP contribution in [0.2, 0.25) is 0 Å². The molecule has 0 bridgehead atoms. The smallest absolute Gasteiger partial charge is 0.335 e. The first-order chi connectivity index (χ1) is 19.4. The van der Waals surface area contributed by atoms with E-state index in [1.807, 2.05) is 36.7 Å². The second-order valence-corrected chi connectivity index (χ2v) is 9.83. The monoisotopic (exact) mass is 543 g/mol. The van der Waals surface area contributed by atoms with E-state index in [-0.39, 0.29) is 23.7 Å². The van der Waals surface area contributed by atoms with Crippen LogP contribution in [0.25, 0.3) is 11.0 Å². The highest BCUT2D eigenvalue weighted by atomic mass is 19.1. The number of hydrogen-bond acceptors (Lipinski definition) is 7. The van der Waals surface area contributed by atoms with E-state index >= 15 is 0 Å². The van der Waals surface area contributed by atoms with Crippen LogP contribution < -0.4 is 9.47 Å². The molecule has 0 saturated carbocycles. The third kappa shape index (κ3) is 5.75. The summed E-state index contributed by atoms with van der Waals surface area (Å²) in [6.45, 7) is 4.66. The summed E-state index contributed by atoms with van der Waals surface area (Å²) in [5, 5.41) is 18.4. The van der Waals surface area contributed by atoms with Gasteiger partial charge >= 0.3 is 5.97 Å². The fraction of sp³-hybridized carbons (Fsp3) is 0.333. The van der Waals surface area contributed by atoms with Crippen molar-refractivity contribution in [1.29, 1.82) is 5.26 Å². The molecule has 0 spiro atoms. The average Bonchev–Trinajstić information content (AvgIpc) is 3.28. The number of likely N-dealkylation sites (tertiary alicyclic amines) is 1. The van der Waals surface area contributed by atoms with Gasteiger partial charge in [-0.3, -0.25) is 4.90 Å². The number of nitrogens with zero attached hydrogens (tertiary/aromatic N) is 5. The van der Waals surface area contributed by atoms with E-state index in [0.717, 1.165) is 43.0 Å². The number of benzene rings is 2. The maximum absolute atomic E-state index is 14.2. The molecule has 1 aliphatic heterocycles. The maximum Gasteiger partial charge on any atom is 0.335 e. The lowest BCUT2D eigenvalue weighted by molar-refractivity contribution is 0.0696. The maximum atomic E-state index is 14.2. The summed E-state index contributed by atoms with van der Waals surface area (Å²) in [4.78, 5) is 23.4. The van der Waals surface area contributed by atoms with Gasteiger partial charge in [-0.15, -0.1) is 0 Å². The lowest BCUT2D eigenvalue weighted by Crippen LogP contribution is -2.33. The Morgan fingerprint density at radius 2 is 1.95 bits per heavy atom. The lowest BCUT2D eigenvalue weighted by atomic mass is 9.93. The summed E-state index contributed by atoms with van der Waals surface area (Å²) < 4.78 is 27.6. The van der Waals surface area contributed by atoms with E-state index in [0.29, 0.717) is 35.9 Å². The number of hydrogen-bond donors (Lipinski definition) is 1. The van der Waals surface area contributed by atoms with Gasteiger partial charge in [-0.05, 0) is 63.2 Å². The molecule has 1 fully saturated rings. The number of carbonyl (C=O) groups is 1. The topological polar surface area (TPSA) is 114 Å². The highest BCUT2D eigenvalue weighted by Crippen LogP contribution is 2.31. The van der Waals surface area contributed by atoms with Crippen molar-refractivity contribution in [3.63, 3.8) is 0 Å². The van der Waals surface area contributed by atoms with Crippen molar-refractivity contribution in [3.05, 3.63) is 82.6 Å². The number of carboxylic acid groups (broad SMARTS) is 1. The molecule has 1 N–H and O–H groups in total. The lowest BCUT2D eigenvalue weighted by Gasteiger charge is -2.31. The fourth-order valence-electron chi connectivity index (χ4n) is 5.05. The second-order valence-electron chi connectivity index (χ2n) is 9.83. The molecule has 5 rings (SSSR count). The minimum Gasteiger partial charge on any atom is -0.492 e. The zero-order valence-corrected chi connectivity index (χ0v) is 22.4. The Bertz CT molecular complexity index is 1590. The Balaban J connectivity index is 1.22. The molecule has 0 aliphatic carbocycles. The van der Waals surface area contributed by atoms with Crippen molar-refractivity contribution < 1.29 is 23.8 Å². The Morgan fingerprint density at radius 3 is 2.65 bits per heavy atom. The molecular formula is C30H30FN5O4. The number of pyridine rings is 1. The standard InChI is InChI=1S/C30H30FN5O4/c1-3-39-26-15-22(30(37)38)14-25-29(26)34-27(35(25)2)17-36-11-9-20(10-12-36)24-5-4-6-28(33-24)40-18-21-8-7-19(16-32)13-23(21)31/h4-8,13-15,20H,3,9-12,17-18H2,1-2H3,(H,37,38). The molecule has 1 aliphatic rings. The predicted octanol–water partition coefficient (Wildman–Crippen LogP) is 5.03. The van der Waals surface area contributed by atoms with Gasteiger partial charge in [0.2, 0.25) is 5.88 Å². The number of carboxylic acids is 1. The van der Waals surface area contributed by atoms with Gasteiger partial charge in [0.1, 0.15) is 29.5 Å². The molecule has 0 atom stereocenters. The van der Waals surface area contributed by atoms with E-state index in [2.05, 4.69) is 9.88 Å². The first-order valence-corrected chi connectivity index (χ1v) is 13.2. The minimum absolute atomic E-state index is 0.0312. The van der Waals surface area contributed by atoms with Crippen LogP contribution in [0, 0.1) is 17.1 Å². The van der Waals surface area contributed by atoms with Crippen molar-refractivity contribution in [2.75, 3.05) is 19.7 Å². The normalized spacial score (nSPS) is 14.2. The molecule has 3 heterocycles. The first-order valence-electron chi connectivity index (χ1n) is 13.2. The van der Waals surface area contributed by atoms with Crippen LogP contribution in [0.4, 0.5) is 4.39 Å². The summed E-state index contributed by atoms with van der Waals surface area (Å²) in [7, 11) is 1.90. The fourth-order valence-corrected chi connectivity index (χ4v) is 5.05. The average molecular weight is 544 g/mol. The molecule has 0 unspecified atom stereocenters. The molecule has 0 radical (unpaired) electrons. The molecule has 40 heavy (non-hydrogen) atoms. The second kappa shape index (κ2) is 11.7. The highest BCUT2D eigenvalue weighted by Gasteiger charge is 2.24. The number of rotatable bonds is 9. The third-order valence-electron chi connectivity index (χ3n) is 7.26. The summed E-state index contributed by atoms with van der Waals surface area (Å²) >= 11 is 0. The van der Waals surface area contributed by atoms with Gasteiger partial charge in [0.25, 0.3) is 0 Å². The zero-order valence-electron chi connectivity index (χ0n) is 22.4. The zero-order chi connectivity index (χ0) is 28.2. The molecule has 2 aromatic heterocycles. The van der Waals surface area contributed by atoms with E-state index in [1.54, 1.807) is 24.3 Å². The molecule has 10 heteroatoms. The predicted molar refractivity (Wildman–Crippen MR) is 146 cm³/mol. The van der Waals surface area contributed by atoms with Crippen LogP contribution in [0.5, 0.6) is 11.6 Å². The van der Waals surface area contributed by atoms with Crippen LogP contribution in [0.1, 0.15) is 58.7 Å². The Kier molecular flexibility index (Phi) is 7.94. The number of aromatic nitrogens is 3. The highest BCUT2D eigenvalue weighted by molar-refractivity contribution is 5.95. The number of nitriles is 1. The van der Waals surface area contributed by atoms with Crippen molar-refractivity contribution in [3.8, 4) is 17.7 Å². The largest absolute Gasteiger partial charge is 0.492 e. The van der Waals surface area contributed by atoms with Crippen molar-refractivity contribution in [2.45, 2.75) is 38.8 Å². The summed E-state index contributed by atoms with van der Waals surface area (Å²) in [6.07, 6.45) is 1.83. The summed E-state index contributed by atoms with van der Waals surface area (Å²) in [5.74, 6) is 0.564. The Labute approximate surface area is 231 Å². The molecule has 2 aromatic carbocycles. The van der Waals surface area contributed by atoms with E-state index in [1.165, 1.54) is 12.1 Å². The van der Waals surface area contributed by atoms with Crippen LogP contribution in [-0.4, -0.2) is 50.2 Å². The Hall–Kier alpha value is -4.49. The van der Waals surface area contributed by atoms with E-state index in [4.69, 9.17) is 19.7 Å². The van der Waals surface area contributed by atoms with Gasteiger partial charge in [0.05, 0.1) is 35.9 Å². The van der Waals surface area contributed by atoms with Gasteiger partial charge in [-0.1, -0.05) is 12.1 Å². The van der Waals surface area contributed by atoms with Gasteiger partial charge < -0.3 is 19.1 Å². The van der Waals surface area contributed by atoms with Crippen molar-refractivity contribution in [1.82, 2.24) is 19.4 Å². The molecular weight excluding hydrogens is 513 g/mol. The molecule has 4 aromatic rings. The van der Waals surface area contributed by atoms with Crippen LogP contribution >= 0.6 is 0 Å². The number of aromatic carboxylic acids is 1. The molecule has 9 nitrogen and oxygen atoms in total. The summed E-state index contributed by atoms with van der Waals surface area (Å²) in [6, 6.07) is 15.1. The number of fused-ring (bicyclic) bond motifs is 1.